The zero-order chi connectivity index (χ0) is 43.9. The number of nitrogens with one attached hydrogen (secondary N) is 2. The molecule has 0 saturated carbocycles. The molecule has 4 aromatic carbocycles. The van der Waals surface area contributed by atoms with Crippen LogP contribution in [-0.4, -0.2) is 86.1 Å². The number of hydrogen-bond acceptors (Lipinski definition) is 8. The summed E-state index contributed by atoms with van der Waals surface area (Å²) in [6.07, 6.45) is 4.21. The molecular weight excluding hydrogens is 830 g/mol. The molecule has 6 N–H and O–H groups in total. The van der Waals surface area contributed by atoms with Crippen LogP contribution >= 0.6 is 23.2 Å². The number of nitrogens with two attached hydrogens (primary N) is 2. The molecule has 2 aliphatic rings. The Morgan fingerprint density at radius 1 is 0.705 bits per heavy atom. The first-order valence-electron chi connectivity index (χ1n) is 19.6. The van der Waals surface area contributed by atoms with Gasteiger partial charge in [-0.05, 0) is 104 Å². The Balaban J connectivity index is 0.000000234. The molecule has 61 heavy (non-hydrogen) atoms. The van der Waals surface area contributed by atoms with Crippen molar-refractivity contribution in [3.8, 4) is 11.5 Å². The van der Waals surface area contributed by atoms with Gasteiger partial charge in [-0.2, -0.15) is 0 Å². The molecule has 324 valence electrons. The molecule has 6 rings (SSSR count). The molecule has 0 radical (unpaired) electrons. The van der Waals surface area contributed by atoms with Crippen LogP contribution in [0.25, 0.3) is 0 Å². The lowest BCUT2D eigenvalue weighted by Crippen LogP contribution is -2.49. The van der Waals surface area contributed by atoms with Crippen molar-refractivity contribution in [3.63, 3.8) is 0 Å². The van der Waals surface area contributed by atoms with E-state index in [1.165, 1.54) is 43.0 Å². The Kier molecular flexibility index (Phi) is 16.6. The summed E-state index contributed by atoms with van der Waals surface area (Å²) in [5, 5.41) is 5.66. The number of halogens is 3. The van der Waals surface area contributed by atoms with Crippen LogP contribution in [0, 0.1) is 17.2 Å². The van der Waals surface area contributed by atoms with Crippen LogP contribution in [0.15, 0.2) is 91.0 Å². The highest BCUT2D eigenvalue weighted by atomic mass is 35.5. The van der Waals surface area contributed by atoms with Crippen LogP contribution < -0.4 is 31.6 Å². The van der Waals surface area contributed by atoms with Crippen molar-refractivity contribution in [1.29, 1.82) is 0 Å². The van der Waals surface area contributed by atoms with Crippen molar-refractivity contribution >= 4 is 64.4 Å². The Morgan fingerprint density at radius 3 is 1.67 bits per heavy atom. The number of carbonyl (C=O) groups excluding carboxylic acids is 5. The smallest absolute Gasteiger partial charge is 0.316 e. The van der Waals surface area contributed by atoms with E-state index in [1.807, 2.05) is 11.0 Å². The summed E-state index contributed by atoms with van der Waals surface area (Å²) in [7, 11) is 1.34. The Morgan fingerprint density at radius 2 is 1.20 bits per heavy atom. The topological polar surface area (TPSA) is 196 Å². The SMILES string of the molecule is COC(=O)C1(Cc2ccc(F)cc2)CCN(C(=O)COc2ccc(Cl)cc2NC(N)=O)CC1.NC(=O)Nc1cc(Cl)ccc1OCC(=O)N1CCC(Cc2ccccc2)CC1. The molecular formula is C44H49Cl2FN6O8. The molecule has 0 atom stereocenters. The average Bonchev–Trinajstić information content (AvgIpc) is 3.24. The van der Waals surface area contributed by atoms with Gasteiger partial charge in [-0.1, -0.05) is 65.7 Å². The van der Waals surface area contributed by atoms with E-state index in [9.17, 15) is 28.4 Å². The van der Waals surface area contributed by atoms with Gasteiger partial charge in [-0.3, -0.25) is 14.4 Å². The van der Waals surface area contributed by atoms with Crippen LogP contribution in [0.5, 0.6) is 11.5 Å². The normalized spacial score (nSPS) is 14.8. The number of urea groups is 2. The first-order chi connectivity index (χ1) is 29.2. The maximum absolute atomic E-state index is 13.2. The Labute approximate surface area is 363 Å². The summed E-state index contributed by atoms with van der Waals surface area (Å²) in [5.74, 6) is 0.169. The summed E-state index contributed by atoms with van der Waals surface area (Å²) in [5.41, 5.74) is 12.3. The predicted molar refractivity (Wildman–Crippen MR) is 230 cm³/mol. The quantitative estimate of drug-likeness (QED) is 0.102. The number of likely N-dealkylation sites (tertiary alicyclic amines) is 2. The van der Waals surface area contributed by atoms with Crippen LogP contribution in [0.2, 0.25) is 10.0 Å². The number of esters is 1. The molecule has 0 spiro atoms. The molecule has 2 heterocycles. The number of rotatable bonds is 13. The summed E-state index contributed by atoms with van der Waals surface area (Å²) in [4.78, 5) is 63.6. The van der Waals surface area contributed by atoms with E-state index in [0.29, 0.717) is 59.8 Å². The molecule has 0 unspecified atom stereocenters. The zero-order valence-corrected chi connectivity index (χ0v) is 35.2. The fourth-order valence-electron chi connectivity index (χ4n) is 7.36. The second kappa shape index (κ2) is 22.0. The number of primary amides is 2. The number of benzene rings is 4. The summed E-state index contributed by atoms with van der Waals surface area (Å²) >= 11 is 11.9. The first-order valence-corrected chi connectivity index (χ1v) is 20.4. The third-order valence-corrected chi connectivity index (χ3v) is 11.1. The highest BCUT2D eigenvalue weighted by molar-refractivity contribution is 6.31. The number of nitrogens with zero attached hydrogens (tertiary/aromatic N) is 2. The van der Waals surface area contributed by atoms with Crippen LogP contribution in [0.1, 0.15) is 36.8 Å². The molecule has 0 aromatic heterocycles. The van der Waals surface area contributed by atoms with Gasteiger partial charge in [0.25, 0.3) is 11.8 Å². The van der Waals surface area contributed by atoms with E-state index in [-0.39, 0.29) is 48.3 Å². The zero-order valence-electron chi connectivity index (χ0n) is 33.7. The van der Waals surface area contributed by atoms with E-state index in [4.69, 9.17) is 48.9 Å². The van der Waals surface area contributed by atoms with Crippen molar-refractivity contribution < 1.29 is 42.6 Å². The molecule has 6 amide bonds. The lowest BCUT2D eigenvalue weighted by Gasteiger charge is -2.39. The van der Waals surface area contributed by atoms with Gasteiger partial charge >= 0.3 is 18.0 Å². The standard InChI is InChI=1S/C23H25ClFN3O5.C21H24ClN3O3/c1-32-21(30)23(13-15-2-5-17(25)6-3-15)8-10-28(11-9-23)20(29)14-33-19-7-4-16(24)12-18(19)27-22(26)31;22-17-6-7-19(18(13-17)24-21(23)27)28-14-20(26)25-10-8-16(9-11-25)12-15-4-2-1-3-5-15/h2-7,12H,8-11,13-14H2,1H3,(H3,26,27,31);1-7,13,16H,8-12,14H2,(H3,23,24,27). The lowest BCUT2D eigenvalue weighted by molar-refractivity contribution is -0.158. The van der Waals surface area contributed by atoms with Crippen molar-refractivity contribution in [3.05, 3.63) is 118 Å². The fraction of sp³-hybridized carbons (Fsp3) is 0.341. The van der Waals surface area contributed by atoms with Gasteiger partial charge in [-0.15, -0.1) is 0 Å². The van der Waals surface area contributed by atoms with Gasteiger partial charge in [0.1, 0.15) is 17.3 Å². The lowest BCUT2D eigenvalue weighted by atomic mass is 9.73. The Bertz CT molecular complexity index is 2150. The highest BCUT2D eigenvalue weighted by Gasteiger charge is 2.43. The van der Waals surface area contributed by atoms with E-state index < -0.39 is 17.5 Å². The van der Waals surface area contributed by atoms with Crippen molar-refractivity contribution in [2.45, 2.75) is 38.5 Å². The molecule has 2 aliphatic heterocycles. The minimum Gasteiger partial charge on any atom is -0.482 e. The molecule has 2 saturated heterocycles. The third kappa shape index (κ3) is 13.7. The molecule has 0 aliphatic carbocycles. The molecule has 14 nitrogen and oxygen atoms in total. The van der Waals surface area contributed by atoms with Gasteiger partial charge in [0.05, 0.1) is 23.9 Å². The van der Waals surface area contributed by atoms with Gasteiger partial charge in [0, 0.05) is 36.2 Å². The van der Waals surface area contributed by atoms with Gasteiger partial charge in [-0.25, -0.2) is 14.0 Å². The second-order valence-corrected chi connectivity index (χ2v) is 15.7. The number of ether oxygens (including phenoxy) is 3. The molecule has 2 fully saturated rings. The second-order valence-electron chi connectivity index (χ2n) is 14.8. The third-order valence-electron chi connectivity index (χ3n) is 10.6. The largest absolute Gasteiger partial charge is 0.482 e. The van der Waals surface area contributed by atoms with Crippen molar-refractivity contribution in [2.75, 3.05) is 57.1 Å². The number of hydrogen-bond donors (Lipinski definition) is 4. The molecule has 0 bridgehead atoms. The minimum absolute atomic E-state index is 0.0712. The summed E-state index contributed by atoms with van der Waals surface area (Å²) < 4.78 is 29.5. The maximum Gasteiger partial charge on any atom is 0.316 e. The fourth-order valence-corrected chi connectivity index (χ4v) is 7.70. The number of carbonyl (C=O) groups is 5. The van der Waals surface area contributed by atoms with E-state index in [1.54, 1.807) is 35.2 Å². The van der Waals surface area contributed by atoms with Crippen LogP contribution in [-0.2, 0) is 32.0 Å². The Hall–Kier alpha value is -6.06. The van der Waals surface area contributed by atoms with Crippen LogP contribution in [0.4, 0.5) is 25.4 Å². The van der Waals surface area contributed by atoms with Crippen LogP contribution in [0.3, 0.4) is 0 Å². The molecule has 4 aromatic rings. The van der Waals surface area contributed by atoms with E-state index in [2.05, 4.69) is 34.9 Å². The number of piperidine rings is 2. The maximum atomic E-state index is 13.2. The van der Waals surface area contributed by atoms with Crippen molar-refractivity contribution in [1.82, 2.24) is 9.80 Å². The number of amides is 6. The number of methoxy groups -OCH3 is 1. The summed E-state index contributed by atoms with van der Waals surface area (Å²) in [6, 6.07) is 24.3. The number of anilines is 2. The van der Waals surface area contributed by atoms with Gasteiger partial charge in [0.2, 0.25) is 0 Å². The van der Waals surface area contributed by atoms with Crippen molar-refractivity contribution in [2.24, 2.45) is 22.8 Å². The average molecular weight is 880 g/mol. The minimum atomic E-state index is -0.793. The van der Waals surface area contributed by atoms with Gasteiger partial charge in [0.15, 0.2) is 13.2 Å². The van der Waals surface area contributed by atoms with E-state index in [0.717, 1.165) is 37.9 Å². The molecule has 17 heteroatoms. The van der Waals surface area contributed by atoms with E-state index >= 15 is 0 Å². The monoisotopic (exact) mass is 878 g/mol. The van der Waals surface area contributed by atoms with Gasteiger partial charge < -0.3 is 46.1 Å². The first kappa shape index (κ1) is 46.0. The summed E-state index contributed by atoms with van der Waals surface area (Å²) in [6.45, 7) is 1.77. The predicted octanol–water partition coefficient (Wildman–Crippen LogP) is 7.06. The highest BCUT2D eigenvalue weighted by Crippen LogP contribution is 2.37.